The lowest BCUT2D eigenvalue weighted by atomic mass is 10.1. The minimum Gasteiger partial charge on any atom is -0.494 e. The molecule has 1 aromatic carbocycles. The first kappa shape index (κ1) is 27.6. The topological polar surface area (TPSA) is 123 Å². The lowest BCUT2D eigenvalue weighted by Gasteiger charge is -2.24. The molecule has 2 unspecified atom stereocenters. The van der Waals surface area contributed by atoms with E-state index in [9.17, 15) is 4.79 Å². The van der Waals surface area contributed by atoms with E-state index < -0.39 is 5.97 Å². The molecule has 38 heavy (non-hydrogen) atoms. The van der Waals surface area contributed by atoms with Gasteiger partial charge in [-0.25, -0.2) is 4.98 Å². The van der Waals surface area contributed by atoms with Crippen molar-refractivity contribution < 1.29 is 19.4 Å². The van der Waals surface area contributed by atoms with E-state index in [0.29, 0.717) is 19.0 Å². The van der Waals surface area contributed by atoms with Crippen molar-refractivity contribution in [1.29, 1.82) is 0 Å². The maximum Gasteiger partial charge on any atom is 0.303 e. The summed E-state index contributed by atoms with van der Waals surface area (Å²) in [5.74, 6) is 1.27. The maximum atomic E-state index is 10.6. The Balaban J connectivity index is 1.42. The summed E-state index contributed by atoms with van der Waals surface area (Å²) < 4.78 is 13.9. The first-order chi connectivity index (χ1) is 18.5. The highest BCUT2D eigenvalue weighted by molar-refractivity contribution is 5.85. The molecule has 0 saturated carbocycles. The normalized spacial score (nSPS) is 16.3. The fourth-order valence-corrected chi connectivity index (χ4v) is 4.65. The molecule has 3 heterocycles. The van der Waals surface area contributed by atoms with Crippen LogP contribution in [-0.4, -0.2) is 49.9 Å². The summed E-state index contributed by atoms with van der Waals surface area (Å²) in [5.41, 5.74) is 2.36. The van der Waals surface area contributed by atoms with Gasteiger partial charge in [0.25, 0.3) is 0 Å². The average Bonchev–Trinajstić information content (AvgIpc) is 3.34. The Labute approximate surface area is 224 Å². The van der Waals surface area contributed by atoms with Gasteiger partial charge in [-0.3, -0.25) is 9.36 Å². The zero-order valence-electron chi connectivity index (χ0n) is 22.5. The highest BCUT2D eigenvalue weighted by Crippen LogP contribution is 2.30. The number of hydrogen-bond acceptors (Lipinski definition) is 8. The first-order valence-electron chi connectivity index (χ1n) is 13.9. The van der Waals surface area contributed by atoms with Gasteiger partial charge in [0.05, 0.1) is 12.9 Å². The molecule has 0 bridgehead atoms. The van der Waals surface area contributed by atoms with E-state index in [4.69, 9.17) is 24.5 Å². The number of imidazole rings is 1. The highest BCUT2D eigenvalue weighted by atomic mass is 16.5. The molecule has 10 heteroatoms. The van der Waals surface area contributed by atoms with Crippen LogP contribution in [0.1, 0.15) is 84.3 Å². The molecule has 206 valence electrons. The number of rotatable bonds is 15. The van der Waals surface area contributed by atoms with Gasteiger partial charge in [0.2, 0.25) is 5.95 Å². The highest BCUT2D eigenvalue weighted by Gasteiger charge is 2.22. The minimum absolute atomic E-state index is 0.0639. The van der Waals surface area contributed by atoms with E-state index in [1.807, 2.05) is 35.2 Å². The van der Waals surface area contributed by atoms with Gasteiger partial charge in [0.1, 0.15) is 12.0 Å². The summed E-state index contributed by atoms with van der Waals surface area (Å²) in [4.78, 5) is 24.8. The zero-order chi connectivity index (χ0) is 26.7. The first-order valence-corrected chi connectivity index (χ1v) is 13.9. The standard InChI is InChI=1S/C28H40N6O4/c1-3-10-20(2)30-26-25-27(34(19-29-25)23-11-7-9-18-38-23)33-28(32-26)31-21-13-15-22(16-14-21)37-17-8-5-4-6-12-24(35)36/h13-16,19-20,23H,3-12,17-18H2,1-2H3,(H,35,36)(H2,30,31,32,33). The van der Waals surface area contributed by atoms with Gasteiger partial charge in [-0.2, -0.15) is 9.97 Å². The summed E-state index contributed by atoms with van der Waals surface area (Å²) in [7, 11) is 0. The number of carboxylic acids is 1. The van der Waals surface area contributed by atoms with Crippen LogP contribution >= 0.6 is 0 Å². The van der Waals surface area contributed by atoms with E-state index in [-0.39, 0.29) is 18.7 Å². The molecule has 0 amide bonds. The number of carboxylic acid groups (broad SMARTS) is 1. The predicted octanol–water partition coefficient (Wildman–Crippen LogP) is 6.28. The number of anilines is 3. The number of benzene rings is 1. The summed E-state index contributed by atoms with van der Waals surface area (Å²) in [6.07, 6.45) is 10.7. The van der Waals surface area contributed by atoms with Crippen molar-refractivity contribution >= 4 is 34.6 Å². The monoisotopic (exact) mass is 524 g/mol. The van der Waals surface area contributed by atoms with Gasteiger partial charge in [0.15, 0.2) is 17.0 Å². The van der Waals surface area contributed by atoms with Crippen LogP contribution in [0.4, 0.5) is 17.5 Å². The minimum atomic E-state index is -0.734. The van der Waals surface area contributed by atoms with E-state index in [1.165, 1.54) is 0 Å². The molecule has 1 fully saturated rings. The SMILES string of the molecule is CCCC(C)Nc1nc(Nc2ccc(OCCCCCCC(=O)O)cc2)nc2c1ncn2C1CCCCO1. The van der Waals surface area contributed by atoms with Crippen LogP contribution in [0.3, 0.4) is 0 Å². The van der Waals surface area contributed by atoms with Gasteiger partial charge in [-0.05, 0) is 69.7 Å². The second kappa shape index (κ2) is 13.9. The Morgan fingerprint density at radius 2 is 2.00 bits per heavy atom. The molecule has 0 aliphatic carbocycles. The van der Waals surface area contributed by atoms with Gasteiger partial charge >= 0.3 is 5.97 Å². The molecule has 4 rings (SSSR count). The smallest absolute Gasteiger partial charge is 0.303 e. The largest absolute Gasteiger partial charge is 0.494 e. The van der Waals surface area contributed by atoms with E-state index in [2.05, 4.69) is 29.5 Å². The van der Waals surface area contributed by atoms with Crippen LogP contribution in [0, 0.1) is 0 Å². The number of ether oxygens (including phenoxy) is 2. The molecule has 10 nitrogen and oxygen atoms in total. The summed E-state index contributed by atoms with van der Waals surface area (Å²) in [6.45, 7) is 5.68. The predicted molar refractivity (Wildman–Crippen MR) is 148 cm³/mol. The van der Waals surface area contributed by atoms with Gasteiger partial charge in [0, 0.05) is 24.8 Å². The Morgan fingerprint density at radius 1 is 1.18 bits per heavy atom. The number of aliphatic carboxylic acids is 1. The third-order valence-corrected chi connectivity index (χ3v) is 6.66. The lowest BCUT2D eigenvalue weighted by Crippen LogP contribution is -2.19. The molecule has 3 aromatic rings. The molecule has 0 spiro atoms. The molecule has 1 aliphatic rings. The number of nitrogens with one attached hydrogen (secondary N) is 2. The Morgan fingerprint density at radius 3 is 2.74 bits per heavy atom. The summed E-state index contributed by atoms with van der Waals surface area (Å²) in [5, 5.41) is 15.6. The van der Waals surface area contributed by atoms with Gasteiger partial charge < -0.3 is 25.2 Å². The van der Waals surface area contributed by atoms with Crippen LogP contribution < -0.4 is 15.4 Å². The van der Waals surface area contributed by atoms with Gasteiger partial charge in [-0.1, -0.05) is 26.2 Å². The molecule has 2 atom stereocenters. The molecule has 3 N–H and O–H groups in total. The molecule has 2 aromatic heterocycles. The maximum absolute atomic E-state index is 10.6. The fourth-order valence-electron chi connectivity index (χ4n) is 4.65. The van der Waals surface area contributed by atoms with E-state index >= 15 is 0 Å². The Hall–Kier alpha value is -3.40. The third kappa shape index (κ3) is 7.80. The van der Waals surface area contributed by atoms with Crippen molar-refractivity contribution in [3.8, 4) is 5.75 Å². The molecular formula is C28H40N6O4. The zero-order valence-corrected chi connectivity index (χ0v) is 22.5. The van der Waals surface area contributed by atoms with Crippen molar-refractivity contribution in [3.05, 3.63) is 30.6 Å². The number of fused-ring (bicyclic) bond motifs is 1. The number of nitrogens with zero attached hydrogens (tertiary/aromatic N) is 4. The van der Waals surface area contributed by atoms with Crippen molar-refractivity contribution in [3.63, 3.8) is 0 Å². The molecule has 0 radical (unpaired) electrons. The Kier molecular flexibility index (Phi) is 10.1. The van der Waals surface area contributed by atoms with Crippen LogP contribution in [0.25, 0.3) is 11.2 Å². The van der Waals surface area contributed by atoms with Crippen LogP contribution in [-0.2, 0) is 9.53 Å². The second-order valence-electron chi connectivity index (χ2n) is 9.93. The number of unbranched alkanes of at least 4 members (excludes halogenated alkanes) is 3. The third-order valence-electron chi connectivity index (χ3n) is 6.66. The van der Waals surface area contributed by atoms with Crippen molar-refractivity contribution in [1.82, 2.24) is 19.5 Å². The van der Waals surface area contributed by atoms with Crippen molar-refractivity contribution in [2.75, 3.05) is 23.8 Å². The number of hydrogen-bond donors (Lipinski definition) is 3. The van der Waals surface area contributed by atoms with Crippen LogP contribution in [0.15, 0.2) is 30.6 Å². The van der Waals surface area contributed by atoms with Crippen LogP contribution in [0.5, 0.6) is 5.75 Å². The summed E-state index contributed by atoms with van der Waals surface area (Å²) >= 11 is 0. The quantitative estimate of drug-likeness (QED) is 0.197. The van der Waals surface area contributed by atoms with E-state index in [0.717, 1.165) is 86.4 Å². The fraction of sp³-hybridized carbons (Fsp3) is 0.571. The van der Waals surface area contributed by atoms with Gasteiger partial charge in [-0.15, -0.1) is 0 Å². The second-order valence-corrected chi connectivity index (χ2v) is 9.93. The summed E-state index contributed by atoms with van der Waals surface area (Å²) in [6, 6.07) is 8.01. The van der Waals surface area contributed by atoms with E-state index in [1.54, 1.807) is 0 Å². The van der Waals surface area contributed by atoms with Crippen LogP contribution in [0.2, 0.25) is 0 Å². The number of aromatic nitrogens is 4. The lowest BCUT2D eigenvalue weighted by molar-refractivity contribution is -0.137. The molecule has 1 aliphatic heterocycles. The molecule has 1 saturated heterocycles. The number of carbonyl (C=O) groups is 1. The van der Waals surface area contributed by atoms with Crippen molar-refractivity contribution in [2.45, 2.75) is 90.3 Å². The average molecular weight is 525 g/mol. The Bertz CT molecular complexity index is 1160. The molecular weight excluding hydrogens is 484 g/mol. The van der Waals surface area contributed by atoms with Crippen molar-refractivity contribution in [2.24, 2.45) is 0 Å².